The molecule has 1 unspecified atom stereocenters. The fourth-order valence-electron chi connectivity index (χ4n) is 1.77. The molecule has 6 heteroatoms. The summed E-state index contributed by atoms with van der Waals surface area (Å²) in [5.74, 6) is -0.400. The van der Waals surface area contributed by atoms with Gasteiger partial charge in [0.05, 0.1) is 13.5 Å². The summed E-state index contributed by atoms with van der Waals surface area (Å²) >= 11 is 5.68. The number of amides is 1. The number of carbonyl (C=O) groups excluding carboxylic acids is 2. The fourth-order valence-corrected chi connectivity index (χ4v) is 1.88. The Hall–Kier alpha value is -1.62. The fraction of sp³-hybridized carbons (Fsp3) is 0.500. The van der Waals surface area contributed by atoms with Gasteiger partial charge in [-0.25, -0.2) is 9.78 Å². The molecule has 0 aliphatic rings. The number of carbonyl (C=O) groups is 2. The number of esters is 1. The molecule has 1 aromatic heterocycles. The number of methoxy groups -OCH3 is 1. The number of hydrogen-bond acceptors (Lipinski definition) is 4. The molecule has 1 rings (SSSR count). The van der Waals surface area contributed by atoms with Crippen LogP contribution in [0.1, 0.15) is 25.8 Å². The summed E-state index contributed by atoms with van der Waals surface area (Å²) in [5.41, 5.74) is 0.736. The van der Waals surface area contributed by atoms with Crippen LogP contribution in [0.3, 0.4) is 0 Å². The van der Waals surface area contributed by atoms with E-state index in [0.717, 1.165) is 5.56 Å². The van der Waals surface area contributed by atoms with E-state index < -0.39 is 12.0 Å². The lowest BCUT2D eigenvalue weighted by molar-refractivity contribution is -0.145. The van der Waals surface area contributed by atoms with Crippen molar-refractivity contribution in [2.24, 2.45) is 5.92 Å². The van der Waals surface area contributed by atoms with Crippen LogP contribution in [0.25, 0.3) is 0 Å². The van der Waals surface area contributed by atoms with Gasteiger partial charge in [0.1, 0.15) is 11.2 Å². The highest BCUT2D eigenvalue weighted by Gasteiger charge is 2.22. The molecule has 0 saturated carbocycles. The molecule has 20 heavy (non-hydrogen) atoms. The first-order valence-corrected chi connectivity index (χ1v) is 6.77. The maximum Gasteiger partial charge on any atom is 0.328 e. The van der Waals surface area contributed by atoms with Crippen molar-refractivity contribution in [3.05, 3.63) is 29.0 Å². The minimum absolute atomic E-state index is 0.149. The van der Waals surface area contributed by atoms with Crippen molar-refractivity contribution in [2.45, 2.75) is 32.7 Å². The Labute approximate surface area is 123 Å². The van der Waals surface area contributed by atoms with Gasteiger partial charge in [-0.05, 0) is 24.0 Å². The van der Waals surface area contributed by atoms with Gasteiger partial charge in [0, 0.05) is 6.20 Å². The molecule has 1 aromatic rings. The zero-order valence-electron chi connectivity index (χ0n) is 11.9. The van der Waals surface area contributed by atoms with Crippen LogP contribution in [-0.4, -0.2) is 30.0 Å². The first-order valence-electron chi connectivity index (χ1n) is 6.40. The number of hydrogen-bond donors (Lipinski definition) is 1. The van der Waals surface area contributed by atoms with Crippen molar-refractivity contribution in [3.63, 3.8) is 0 Å². The predicted molar refractivity (Wildman–Crippen MR) is 76.4 cm³/mol. The first kappa shape index (κ1) is 16.4. The van der Waals surface area contributed by atoms with Gasteiger partial charge in [0.15, 0.2) is 0 Å². The third-order valence-electron chi connectivity index (χ3n) is 2.68. The summed E-state index contributed by atoms with van der Waals surface area (Å²) in [4.78, 5) is 27.4. The summed E-state index contributed by atoms with van der Waals surface area (Å²) in [5, 5.41) is 3.06. The van der Waals surface area contributed by atoms with Gasteiger partial charge in [-0.3, -0.25) is 4.79 Å². The number of halogens is 1. The van der Waals surface area contributed by atoms with Crippen LogP contribution in [0, 0.1) is 5.92 Å². The van der Waals surface area contributed by atoms with E-state index in [1.807, 2.05) is 13.8 Å². The lowest BCUT2D eigenvalue weighted by atomic mass is 10.0. The van der Waals surface area contributed by atoms with E-state index >= 15 is 0 Å². The first-order chi connectivity index (χ1) is 9.42. The molecule has 0 fully saturated rings. The summed E-state index contributed by atoms with van der Waals surface area (Å²) in [6.07, 6.45) is 2.23. The molecule has 1 amide bonds. The Morgan fingerprint density at radius 3 is 2.60 bits per heavy atom. The second-order valence-electron chi connectivity index (χ2n) is 4.94. The van der Waals surface area contributed by atoms with Crippen LogP contribution in [0.5, 0.6) is 0 Å². The zero-order chi connectivity index (χ0) is 15.1. The van der Waals surface area contributed by atoms with Crippen LogP contribution in [-0.2, 0) is 20.7 Å². The van der Waals surface area contributed by atoms with Gasteiger partial charge in [-0.1, -0.05) is 31.5 Å². The van der Waals surface area contributed by atoms with Crippen molar-refractivity contribution in [1.82, 2.24) is 10.3 Å². The highest BCUT2D eigenvalue weighted by atomic mass is 35.5. The normalized spacial score (nSPS) is 12.1. The van der Waals surface area contributed by atoms with E-state index in [-0.39, 0.29) is 18.2 Å². The van der Waals surface area contributed by atoms with Crippen molar-refractivity contribution < 1.29 is 14.3 Å². The Balaban J connectivity index is 2.61. The minimum atomic E-state index is -0.618. The monoisotopic (exact) mass is 298 g/mol. The van der Waals surface area contributed by atoms with Gasteiger partial charge in [-0.2, -0.15) is 0 Å². The number of nitrogens with zero attached hydrogens (tertiary/aromatic N) is 1. The Bertz CT molecular complexity index is 460. The Morgan fingerprint density at radius 1 is 1.40 bits per heavy atom. The topological polar surface area (TPSA) is 68.3 Å². The molecule has 1 heterocycles. The average molecular weight is 299 g/mol. The Morgan fingerprint density at radius 2 is 2.10 bits per heavy atom. The summed E-state index contributed by atoms with van der Waals surface area (Å²) in [6.45, 7) is 3.95. The van der Waals surface area contributed by atoms with E-state index in [9.17, 15) is 9.59 Å². The maximum absolute atomic E-state index is 11.9. The van der Waals surface area contributed by atoms with Crippen molar-refractivity contribution in [2.75, 3.05) is 7.11 Å². The number of rotatable bonds is 6. The van der Waals surface area contributed by atoms with Crippen molar-refractivity contribution in [3.8, 4) is 0 Å². The maximum atomic E-state index is 11.9. The number of nitrogens with one attached hydrogen (secondary N) is 1. The smallest absolute Gasteiger partial charge is 0.328 e. The van der Waals surface area contributed by atoms with Crippen LogP contribution in [0.2, 0.25) is 5.15 Å². The summed E-state index contributed by atoms with van der Waals surface area (Å²) < 4.78 is 4.70. The molecule has 0 radical (unpaired) electrons. The van der Waals surface area contributed by atoms with Gasteiger partial charge < -0.3 is 10.1 Å². The van der Waals surface area contributed by atoms with Crippen LogP contribution in [0.4, 0.5) is 0 Å². The highest BCUT2D eigenvalue weighted by molar-refractivity contribution is 6.29. The second kappa shape index (κ2) is 7.85. The summed E-state index contributed by atoms with van der Waals surface area (Å²) in [6, 6.07) is 2.73. The lowest BCUT2D eigenvalue weighted by Gasteiger charge is -2.18. The van der Waals surface area contributed by atoms with Crippen LogP contribution in [0.15, 0.2) is 18.3 Å². The largest absolute Gasteiger partial charge is 0.467 e. The van der Waals surface area contributed by atoms with Gasteiger partial charge in [0.2, 0.25) is 5.91 Å². The number of aromatic nitrogens is 1. The molecule has 0 spiro atoms. The second-order valence-corrected chi connectivity index (χ2v) is 5.33. The molecule has 0 aromatic carbocycles. The van der Waals surface area contributed by atoms with Crippen molar-refractivity contribution >= 4 is 23.5 Å². The van der Waals surface area contributed by atoms with E-state index in [0.29, 0.717) is 11.6 Å². The van der Waals surface area contributed by atoms with Gasteiger partial charge >= 0.3 is 5.97 Å². The molecule has 1 atom stereocenters. The SMILES string of the molecule is COC(=O)C(CC(C)C)NC(=O)Cc1ccc(Cl)nc1. The third kappa shape index (κ3) is 5.57. The lowest BCUT2D eigenvalue weighted by Crippen LogP contribution is -2.43. The predicted octanol–water partition coefficient (Wildman–Crippen LogP) is 1.98. The van der Waals surface area contributed by atoms with Gasteiger partial charge in [0.25, 0.3) is 0 Å². The minimum Gasteiger partial charge on any atom is -0.467 e. The third-order valence-corrected chi connectivity index (χ3v) is 2.90. The zero-order valence-corrected chi connectivity index (χ0v) is 12.6. The van der Waals surface area contributed by atoms with E-state index in [2.05, 4.69) is 10.3 Å². The quantitative estimate of drug-likeness (QED) is 0.644. The molecule has 0 aliphatic carbocycles. The molecule has 5 nitrogen and oxygen atoms in total. The molecule has 110 valence electrons. The molecule has 1 N–H and O–H groups in total. The molecular formula is C14H19ClN2O3. The van der Waals surface area contributed by atoms with E-state index in [1.54, 1.807) is 12.1 Å². The molecule has 0 bridgehead atoms. The highest BCUT2D eigenvalue weighted by Crippen LogP contribution is 2.08. The molecule has 0 saturated heterocycles. The molecular weight excluding hydrogens is 280 g/mol. The number of pyridine rings is 1. The number of ether oxygens (including phenoxy) is 1. The van der Waals surface area contributed by atoms with E-state index in [4.69, 9.17) is 16.3 Å². The average Bonchev–Trinajstić information content (AvgIpc) is 2.39. The standard InChI is InChI=1S/C14H19ClN2O3/c1-9(2)6-11(14(19)20-3)17-13(18)7-10-4-5-12(15)16-8-10/h4-5,8-9,11H,6-7H2,1-3H3,(H,17,18). The van der Waals surface area contributed by atoms with Crippen molar-refractivity contribution in [1.29, 1.82) is 0 Å². The van der Waals surface area contributed by atoms with Crippen LogP contribution >= 0.6 is 11.6 Å². The molecule has 0 aliphatic heterocycles. The summed E-state index contributed by atoms with van der Waals surface area (Å²) in [7, 11) is 1.31. The van der Waals surface area contributed by atoms with E-state index in [1.165, 1.54) is 13.3 Å². The van der Waals surface area contributed by atoms with Gasteiger partial charge in [-0.15, -0.1) is 0 Å². The Kier molecular flexibility index (Phi) is 6.45. The van der Waals surface area contributed by atoms with Crippen LogP contribution < -0.4 is 5.32 Å².